The molecule has 0 saturated carbocycles. The van der Waals surface area contributed by atoms with E-state index in [4.69, 9.17) is 11.6 Å². The van der Waals surface area contributed by atoms with Crippen molar-refractivity contribution in [3.8, 4) is 0 Å². The molecule has 0 radical (unpaired) electrons. The van der Waals surface area contributed by atoms with Gasteiger partial charge in [0.1, 0.15) is 5.69 Å². The Morgan fingerprint density at radius 1 is 1.18 bits per heavy atom. The maximum atomic E-state index is 12.0. The Morgan fingerprint density at radius 2 is 1.95 bits per heavy atom. The van der Waals surface area contributed by atoms with Gasteiger partial charge in [-0.25, -0.2) is 4.98 Å². The van der Waals surface area contributed by atoms with Gasteiger partial charge in [0.2, 0.25) is 0 Å². The molecular formula is C17H20ClN3O. The quantitative estimate of drug-likeness (QED) is 0.762. The number of hydrogen-bond acceptors (Lipinski definition) is 3. The average molecular weight is 318 g/mol. The molecule has 1 aromatic carbocycles. The van der Waals surface area contributed by atoms with Crippen molar-refractivity contribution in [2.75, 3.05) is 11.9 Å². The summed E-state index contributed by atoms with van der Waals surface area (Å²) in [5.74, 6) is -0.185. The topological polar surface area (TPSA) is 54.0 Å². The molecule has 0 bridgehead atoms. The first-order valence-electron chi connectivity index (χ1n) is 7.41. The molecule has 5 heteroatoms. The Morgan fingerprint density at radius 3 is 2.59 bits per heavy atom. The van der Waals surface area contributed by atoms with Crippen LogP contribution in [0, 0.1) is 0 Å². The summed E-state index contributed by atoms with van der Waals surface area (Å²) in [5, 5.41) is 6.79. The van der Waals surface area contributed by atoms with Gasteiger partial charge in [0.25, 0.3) is 5.91 Å². The van der Waals surface area contributed by atoms with Crippen LogP contribution < -0.4 is 10.6 Å². The van der Waals surface area contributed by atoms with Crippen LogP contribution in [0.2, 0.25) is 5.02 Å². The van der Waals surface area contributed by atoms with Crippen LogP contribution in [-0.2, 0) is 6.54 Å². The molecule has 2 rings (SSSR count). The van der Waals surface area contributed by atoms with Gasteiger partial charge in [0.15, 0.2) is 0 Å². The molecule has 116 valence electrons. The number of rotatable bonds is 7. The monoisotopic (exact) mass is 317 g/mol. The highest BCUT2D eigenvalue weighted by Gasteiger charge is 2.06. The van der Waals surface area contributed by atoms with Crippen LogP contribution in [0.5, 0.6) is 0 Å². The zero-order chi connectivity index (χ0) is 15.8. The molecule has 22 heavy (non-hydrogen) atoms. The maximum Gasteiger partial charge on any atom is 0.270 e. The predicted octanol–water partition coefficient (Wildman–Crippen LogP) is 3.88. The van der Waals surface area contributed by atoms with Gasteiger partial charge in [-0.3, -0.25) is 4.79 Å². The zero-order valence-corrected chi connectivity index (χ0v) is 13.4. The molecule has 2 aromatic rings. The largest absolute Gasteiger partial charge is 0.384 e. The zero-order valence-electron chi connectivity index (χ0n) is 12.6. The number of carbonyl (C=O) groups is 1. The van der Waals surface area contributed by atoms with Crippen LogP contribution in [-0.4, -0.2) is 17.4 Å². The van der Waals surface area contributed by atoms with Crippen molar-refractivity contribution < 1.29 is 4.79 Å². The summed E-state index contributed by atoms with van der Waals surface area (Å²) < 4.78 is 0. The van der Waals surface area contributed by atoms with Crippen molar-refractivity contribution in [2.45, 2.75) is 26.3 Å². The average Bonchev–Trinajstić information content (AvgIpc) is 2.55. The molecule has 1 aromatic heterocycles. The summed E-state index contributed by atoms with van der Waals surface area (Å²) in [6.45, 7) is 3.52. The van der Waals surface area contributed by atoms with Crippen molar-refractivity contribution in [3.05, 3.63) is 58.9 Å². The molecule has 0 aliphatic heterocycles. The smallest absolute Gasteiger partial charge is 0.270 e. The molecule has 4 nitrogen and oxygen atoms in total. The molecule has 0 aliphatic carbocycles. The molecule has 0 atom stereocenters. The van der Waals surface area contributed by atoms with E-state index in [0.29, 0.717) is 17.3 Å². The van der Waals surface area contributed by atoms with Crippen molar-refractivity contribution in [1.82, 2.24) is 10.3 Å². The second-order valence-electron chi connectivity index (χ2n) is 5.02. The predicted molar refractivity (Wildman–Crippen MR) is 90.3 cm³/mol. The highest BCUT2D eigenvalue weighted by molar-refractivity contribution is 6.30. The van der Waals surface area contributed by atoms with E-state index in [1.807, 2.05) is 18.2 Å². The minimum absolute atomic E-state index is 0.185. The third-order valence-electron chi connectivity index (χ3n) is 3.22. The van der Waals surface area contributed by atoms with Crippen molar-refractivity contribution >= 4 is 23.2 Å². The van der Waals surface area contributed by atoms with Crippen molar-refractivity contribution in [1.29, 1.82) is 0 Å². The fourth-order valence-corrected chi connectivity index (χ4v) is 2.04. The van der Waals surface area contributed by atoms with Crippen LogP contribution in [0.4, 0.5) is 5.69 Å². The molecular weight excluding hydrogens is 298 g/mol. The van der Waals surface area contributed by atoms with Gasteiger partial charge in [0.05, 0.1) is 11.9 Å². The number of carbonyl (C=O) groups excluding carboxylic acids is 1. The molecule has 1 amide bonds. The lowest BCUT2D eigenvalue weighted by Gasteiger charge is -2.07. The summed E-state index contributed by atoms with van der Waals surface area (Å²) in [5.41, 5.74) is 2.34. The normalized spacial score (nSPS) is 10.3. The lowest BCUT2D eigenvalue weighted by Crippen LogP contribution is -2.23. The van der Waals surface area contributed by atoms with E-state index in [-0.39, 0.29) is 5.91 Å². The first-order chi connectivity index (χ1) is 10.7. The maximum absolute atomic E-state index is 12.0. The highest BCUT2D eigenvalue weighted by atomic mass is 35.5. The summed E-state index contributed by atoms with van der Waals surface area (Å²) in [6, 6.07) is 11.0. The second-order valence-corrected chi connectivity index (χ2v) is 5.46. The molecule has 0 fully saturated rings. The van der Waals surface area contributed by atoms with Crippen LogP contribution in [0.3, 0.4) is 0 Å². The minimum Gasteiger partial charge on any atom is -0.384 e. The van der Waals surface area contributed by atoms with Gasteiger partial charge in [0, 0.05) is 18.1 Å². The summed E-state index contributed by atoms with van der Waals surface area (Å²) >= 11 is 5.83. The van der Waals surface area contributed by atoms with Crippen molar-refractivity contribution in [3.63, 3.8) is 0 Å². The molecule has 2 N–H and O–H groups in total. The minimum atomic E-state index is -0.185. The van der Waals surface area contributed by atoms with Crippen molar-refractivity contribution in [2.24, 2.45) is 0 Å². The molecule has 0 spiro atoms. The third kappa shape index (κ3) is 5.04. The summed E-state index contributed by atoms with van der Waals surface area (Å²) in [6.07, 6.45) is 3.95. The van der Waals surface area contributed by atoms with Crippen LogP contribution in [0.1, 0.15) is 35.8 Å². The van der Waals surface area contributed by atoms with Gasteiger partial charge in [-0.05, 0) is 36.2 Å². The first kappa shape index (κ1) is 16.3. The van der Waals surface area contributed by atoms with Crippen LogP contribution in [0.25, 0.3) is 0 Å². The van der Waals surface area contributed by atoms with E-state index in [9.17, 15) is 4.79 Å². The summed E-state index contributed by atoms with van der Waals surface area (Å²) in [7, 11) is 0. The Hall–Kier alpha value is -2.07. The number of nitrogens with zero attached hydrogens (tertiary/aromatic N) is 1. The number of aromatic nitrogens is 1. The second kappa shape index (κ2) is 8.39. The van der Waals surface area contributed by atoms with E-state index in [0.717, 1.165) is 30.6 Å². The Kier molecular flexibility index (Phi) is 6.22. The van der Waals surface area contributed by atoms with E-state index in [2.05, 4.69) is 22.5 Å². The van der Waals surface area contributed by atoms with Gasteiger partial charge < -0.3 is 10.6 Å². The Bertz CT molecular complexity index is 596. The molecule has 0 aliphatic rings. The summed E-state index contributed by atoms with van der Waals surface area (Å²) in [4.78, 5) is 16.2. The highest BCUT2D eigenvalue weighted by Crippen LogP contribution is 2.10. The van der Waals surface area contributed by atoms with Crippen LogP contribution >= 0.6 is 11.6 Å². The van der Waals surface area contributed by atoms with Crippen LogP contribution in [0.15, 0.2) is 42.6 Å². The molecule has 0 saturated heterocycles. The van der Waals surface area contributed by atoms with Gasteiger partial charge in [-0.2, -0.15) is 0 Å². The number of hydrogen-bond donors (Lipinski definition) is 2. The Balaban J connectivity index is 1.85. The van der Waals surface area contributed by atoms with E-state index >= 15 is 0 Å². The molecule has 1 heterocycles. The van der Waals surface area contributed by atoms with E-state index < -0.39 is 0 Å². The Labute approximate surface area is 135 Å². The van der Waals surface area contributed by atoms with Gasteiger partial charge >= 0.3 is 0 Å². The number of benzene rings is 1. The lowest BCUT2D eigenvalue weighted by molar-refractivity contribution is 0.0946. The van der Waals surface area contributed by atoms with Gasteiger partial charge in [-0.15, -0.1) is 0 Å². The van der Waals surface area contributed by atoms with Gasteiger partial charge in [-0.1, -0.05) is 37.1 Å². The lowest BCUT2D eigenvalue weighted by atomic mass is 10.2. The van der Waals surface area contributed by atoms with E-state index in [1.165, 1.54) is 0 Å². The SMILES string of the molecule is CCCCNc1ccc(C(=O)NCc2ccc(Cl)cc2)nc1. The first-order valence-corrected chi connectivity index (χ1v) is 7.79. The number of unbranched alkanes of at least 4 members (excludes halogenated alkanes) is 1. The fraction of sp³-hybridized carbons (Fsp3) is 0.294. The number of amides is 1. The number of pyridine rings is 1. The number of nitrogens with one attached hydrogen (secondary N) is 2. The number of halogens is 1. The van der Waals surface area contributed by atoms with E-state index in [1.54, 1.807) is 24.4 Å². The number of anilines is 1. The third-order valence-corrected chi connectivity index (χ3v) is 3.47. The molecule has 0 unspecified atom stereocenters. The fourth-order valence-electron chi connectivity index (χ4n) is 1.92. The standard InChI is InChI=1S/C17H20ClN3O/c1-2-3-10-19-15-8-9-16(20-12-15)17(22)21-11-13-4-6-14(18)7-5-13/h4-9,12,19H,2-3,10-11H2,1H3,(H,21,22).